The average Bonchev–Trinajstić information content (AvgIpc) is 3.01. The van der Waals surface area contributed by atoms with E-state index in [-0.39, 0.29) is 18.4 Å². The van der Waals surface area contributed by atoms with E-state index < -0.39 is 0 Å². The van der Waals surface area contributed by atoms with Crippen LogP contribution in [-0.4, -0.2) is 34.8 Å². The molecule has 1 aromatic heterocycles. The lowest BCUT2D eigenvalue weighted by atomic mass is 10.1. The summed E-state index contributed by atoms with van der Waals surface area (Å²) in [6.07, 6.45) is 12.4. The summed E-state index contributed by atoms with van der Waals surface area (Å²) >= 11 is 1.45. The second kappa shape index (κ2) is 13.7. The van der Waals surface area contributed by atoms with Gasteiger partial charge in [-0.25, -0.2) is 4.98 Å². The molecular weight excluding hydrogens is 346 g/mol. The van der Waals surface area contributed by atoms with E-state index in [2.05, 4.69) is 24.1 Å². The third kappa shape index (κ3) is 9.90. The average molecular weight is 382 g/mol. The molecule has 5 nitrogen and oxygen atoms in total. The molecule has 0 atom stereocenters. The molecular formula is C20H35N3O2S. The van der Waals surface area contributed by atoms with E-state index in [1.165, 1.54) is 37.0 Å². The summed E-state index contributed by atoms with van der Waals surface area (Å²) in [5.74, 6) is -0.0609. The number of rotatable bonds is 14. The predicted molar refractivity (Wildman–Crippen MR) is 110 cm³/mol. The number of hydrogen-bond acceptors (Lipinski definition) is 4. The largest absolute Gasteiger partial charge is 0.333 e. The number of carbonyl (C=O) groups excluding carboxylic acids is 2. The summed E-state index contributed by atoms with van der Waals surface area (Å²) in [5, 5.41) is 3.40. The van der Waals surface area contributed by atoms with E-state index in [0.29, 0.717) is 18.1 Å². The highest BCUT2D eigenvalue weighted by Crippen LogP contribution is 2.16. The van der Waals surface area contributed by atoms with E-state index in [0.717, 1.165) is 37.0 Å². The van der Waals surface area contributed by atoms with Crippen molar-refractivity contribution in [3.05, 3.63) is 11.1 Å². The fourth-order valence-corrected chi connectivity index (χ4v) is 3.48. The number of anilines is 1. The van der Waals surface area contributed by atoms with E-state index in [1.807, 2.05) is 6.92 Å². The Morgan fingerprint density at radius 3 is 2.35 bits per heavy atom. The topological polar surface area (TPSA) is 62.3 Å². The molecule has 1 aromatic rings. The first-order chi connectivity index (χ1) is 12.6. The minimum Gasteiger partial charge on any atom is -0.333 e. The quantitative estimate of drug-likeness (QED) is 0.453. The van der Waals surface area contributed by atoms with Crippen LogP contribution in [0.4, 0.5) is 5.13 Å². The van der Waals surface area contributed by atoms with Gasteiger partial charge in [-0.05, 0) is 19.8 Å². The molecule has 0 radical (unpaired) electrons. The number of aromatic nitrogens is 1. The molecule has 0 aliphatic rings. The summed E-state index contributed by atoms with van der Waals surface area (Å²) < 4.78 is 0. The molecule has 0 saturated heterocycles. The summed E-state index contributed by atoms with van der Waals surface area (Å²) in [5.41, 5.74) is 0. The second-order valence-electron chi connectivity index (χ2n) is 6.86. The summed E-state index contributed by atoms with van der Waals surface area (Å²) in [6, 6.07) is 0. The maximum atomic E-state index is 12.6. The molecule has 0 saturated carbocycles. The fraction of sp³-hybridized carbons (Fsp3) is 0.750. The fourth-order valence-electron chi connectivity index (χ4n) is 2.80. The Morgan fingerprint density at radius 1 is 1.04 bits per heavy atom. The number of unbranched alkanes of at least 4 members (excludes halogenated alkanes) is 7. The summed E-state index contributed by atoms with van der Waals surface area (Å²) in [4.78, 5) is 31.8. The van der Waals surface area contributed by atoms with Crippen LogP contribution in [0.5, 0.6) is 0 Å². The monoisotopic (exact) mass is 381 g/mol. The van der Waals surface area contributed by atoms with E-state index >= 15 is 0 Å². The maximum Gasteiger partial charge on any atom is 0.245 e. The predicted octanol–water partition coefficient (Wildman–Crippen LogP) is 5.16. The van der Waals surface area contributed by atoms with Gasteiger partial charge in [0, 0.05) is 24.0 Å². The van der Waals surface area contributed by atoms with Crippen molar-refractivity contribution in [1.82, 2.24) is 9.88 Å². The minimum atomic E-state index is -0.160. The lowest BCUT2D eigenvalue weighted by Gasteiger charge is -2.22. The SMILES string of the molecule is CCCCCCCCC(=O)N(CCCCC)CC(=O)Nc1ncc(C)s1. The highest BCUT2D eigenvalue weighted by atomic mass is 32.1. The standard InChI is InChI=1S/C20H35N3O2S/c1-4-6-8-9-10-11-13-19(25)23(14-12-7-5-2)16-18(24)22-20-21-15-17(3)26-20/h15H,4-14,16H2,1-3H3,(H,21,22,24). The van der Waals surface area contributed by atoms with Crippen LogP contribution in [0, 0.1) is 6.92 Å². The van der Waals surface area contributed by atoms with E-state index in [4.69, 9.17) is 0 Å². The Hall–Kier alpha value is -1.43. The molecule has 0 spiro atoms. The lowest BCUT2D eigenvalue weighted by molar-refractivity contribution is -0.134. The Bertz CT molecular complexity index is 531. The van der Waals surface area contributed by atoms with Crippen molar-refractivity contribution in [3.63, 3.8) is 0 Å². The van der Waals surface area contributed by atoms with Gasteiger partial charge in [-0.3, -0.25) is 9.59 Å². The van der Waals surface area contributed by atoms with Crippen molar-refractivity contribution < 1.29 is 9.59 Å². The summed E-state index contributed by atoms with van der Waals surface area (Å²) in [6.45, 7) is 7.08. The van der Waals surface area contributed by atoms with Crippen LogP contribution in [0.2, 0.25) is 0 Å². The molecule has 0 unspecified atom stereocenters. The number of nitrogens with zero attached hydrogens (tertiary/aromatic N) is 2. The zero-order chi connectivity index (χ0) is 19.2. The van der Waals surface area contributed by atoms with Crippen molar-refractivity contribution in [3.8, 4) is 0 Å². The number of carbonyl (C=O) groups is 2. The number of amides is 2. The van der Waals surface area contributed by atoms with E-state index in [1.54, 1.807) is 11.1 Å². The molecule has 1 rings (SSSR count). The first kappa shape index (κ1) is 22.6. The van der Waals surface area contributed by atoms with Gasteiger partial charge in [0.15, 0.2) is 5.13 Å². The van der Waals surface area contributed by atoms with Crippen LogP contribution >= 0.6 is 11.3 Å². The third-order valence-electron chi connectivity index (χ3n) is 4.33. The summed E-state index contributed by atoms with van der Waals surface area (Å²) in [7, 11) is 0. The van der Waals surface area contributed by atoms with Gasteiger partial charge in [-0.2, -0.15) is 0 Å². The molecule has 0 aromatic carbocycles. The smallest absolute Gasteiger partial charge is 0.245 e. The van der Waals surface area contributed by atoms with Gasteiger partial charge >= 0.3 is 0 Å². The van der Waals surface area contributed by atoms with Crippen molar-refractivity contribution in [2.24, 2.45) is 0 Å². The Kier molecular flexibility index (Phi) is 11.9. The zero-order valence-electron chi connectivity index (χ0n) is 16.7. The van der Waals surface area contributed by atoms with Crippen molar-refractivity contribution >= 4 is 28.3 Å². The number of nitrogens with one attached hydrogen (secondary N) is 1. The second-order valence-corrected chi connectivity index (χ2v) is 8.10. The highest BCUT2D eigenvalue weighted by molar-refractivity contribution is 7.15. The van der Waals surface area contributed by atoms with Gasteiger partial charge in [-0.1, -0.05) is 58.8 Å². The van der Waals surface area contributed by atoms with Gasteiger partial charge in [0.2, 0.25) is 11.8 Å². The van der Waals surface area contributed by atoms with Crippen LogP contribution in [-0.2, 0) is 9.59 Å². The number of hydrogen-bond donors (Lipinski definition) is 1. The van der Waals surface area contributed by atoms with Gasteiger partial charge in [0.1, 0.15) is 0 Å². The molecule has 6 heteroatoms. The molecule has 26 heavy (non-hydrogen) atoms. The molecule has 1 heterocycles. The Labute approximate surface area is 162 Å². The van der Waals surface area contributed by atoms with Gasteiger partial charge < -0.3 is 10.2 Å². The number of thiazole rings is 1. The molecule has 2 amide bonds. The lowest BCUT2D eigenvalue weighted by Crippen LogP contribution is -2.38. The number of aryl methyl sites for hydroxylation is 1. The normalized spacial score (nSPS) is 10.7. The van der Waals surface area contributed by atoms with Crippen LogP contribution in [0.1, 0.15) is 82.9 Å². The molecule has 0 bridgehead atoms. The van der Waals surface area contributed by atoms with Crippen molar-refractivity contribution in [2.45, 2.75) is 85.0 Å². The van der Waals surface area contributed by atoms with Crippen LogP contribution < -0.4 is 5.32 Å². The van der Waals surface area contributed by atoms with Crippen LogP contribution in [0.3, 0.4) is 0 Å². The first-order valence-corrected chi connectivity index (χ1v) is 10.9. The molecule has 1 N–H and O–H groups in total. The third-order valence-corrected chi connectivity index (χ3v) is 5.16. The van der Waals surface area contributed by atoms with Crippen LogP contribution in [0.25, 0.3) is 0 Å². The van der Waals surface area contributed by atoms with Crippen molar-refractivity contribution in [1.29, 1.82) is 0 Å². The van der Waals surface area contributed by atoms with E-state index in [9.17, 15) is 9.59 Å². The Morgan fingerprint density at radius 2 is 1.69 bits per heavy atom. The molecule has 0 fully saturated rings. The Balaban J connectivity index is 2.43. The van der Waals surface area contributed by atoms with Crippen LogP contribution in [0.15, 0.2) is 6.20 Å². The molecule has 0 aliphatic carbocycles. The van der Waals surface area contributed by atoms with Gasteiger partial charge in [-0.15, -0.1) is 11.3 Å². The van der Waals surface area contributed by atoms with Crippen molar-refractivity contribution in [2.75, 3.05) is 18.4 Å². The highest BCUT2D eigenvalue weighted by Gasteiger charge is 2.17. The zero-order valence-corrected chi connectivity index (χ0v) is 17.5. The first-order valence-electron chi connectivity index (χ1n) is 10.1. The molecule has 148 valence electrons. The van der Waals surface area contributed by atoms with Gasteiger partial charge in [0.05, 0.1) is 6.54 Å². The maximum absolute atomic E-state index is 12.6. The van der Waals surface area contributed by atoms with Gasteiger partial charge in [0.25, 0.3) is 0 Å². The minimum absolute atomic E-state index is 0.0991. The molecule has 0 aliphatic heterocycles.